The lowest BCUT2D eigenvalue weighted by atomic mass is 10.1. The molecule has 1 heterocycles. The Morgan fingerprint density at radius 2 is 1.77 bits per heavy atom. The molecule has 3 rings (SSSR count). The number of halogens is 1. The molecular formula is C21H22ClN2OS+. The van der Waals surface area contributed by atoms with Gasteiger partial charge in [-0.25, -0.2) is 0 Å². The molecule has 0 unspecified atom stereocenters. The highest BCUT2D eigenvalue weighted by molar-refractivity contribution is 7.10. The molecule has 0 aliphatic rings. The highest BCUT2D eigenvalue weighted by Crippen LogP contribution is 2.22. The summed E-state index contributed by atoms with van der Waals surface area (Å²) in [5.74, 6) is 0.0185. The van der Waals surface area contributed by atoms with Crippen LogP contribution in [0.4, 0.5) is 0 Å². The van der Waals surface area contributed by atoms with Gasteiger partial charge in [0.05, 0.1) is 10.9 Å². The largest absolute Gasteiger partial charge is 0.345 e. The summed E-state index contributed by atoms with van der Waals surface area (Å²) in [7, 11) is 0. The molecule has 3 aromatic rings. The van der Waals surface area contributed by atoms with Crippen molar-refractivity contribution in [2.24, 2.45) is 0 Å². The van der Waals surface area contributed by atoms with E-state index in [4.69, 9.17) is 11.6 Å². The van der Waals surface area contributed by atoms with Gasteiger partial charge in [-0.15, -0.1) is 11.3 Å². The number of quaternary nitrogens is 1. The molecule has 0 saturated carbocycles. The number of carbonyl (C=O) groups excluding carboxylic acids is 1. The minimum absolute atomic E-state index is 0.0185. The number of hydrogen-bond donors (Lipinski definition) is 2. The molecule has 1 aromatic heterocycles. The second-order valence-corrected chi connectivity index (χ2v) is 7.60. The number of benzene rings is 2. The fraction of sp³-hybridized carbons (Fsp3) is 0.190. The van der Waals surface area contributed by atoms with Crippen LogP contribution in [0.1, 0.15) is 35.0 Å². The van der Waals surface area contributed by atoms with E-state index >= 15 is 0 Å². The van der Waals surface area contributed by atoms with E-state index in [1.807, 2.05) is 55.5 Å². The molecule has 0 fully saturated rings. The van der Waals surface area contributed by atoms with E-state index < -0.39 is 0 Å². The molecule has 0 saturated heterocycles. The molecule has 0 spiro atoms. The van der Waals surface area contributed by atoms with Gasteiger partial charge in [0.15, 0.2) is 6.54 Å². The zero-order valence-electron chi connectivity index (χ0n) is 14.6. The van der Waals surface area contributed by atoms with Gasteiger partial charge in [-0.05, 0) is 36.1 Å². The molecule has 0 bridgehead atoms. The highest BCUT2D eigenvalue weighted by atomic mass is 35.5. The molecule has 2 aromatic carbocycles. The quantitative estimate of drug-likeness (QED) is 0.636. The SMILES string of the molecule is C[C@@H](NC(=O)C[NH2+][C@@H](c1ccccc1)c1cccs1)c1ccc(Cl)cc1. The zero-order chi connectivity index (χ0) is 18.4. The van der Waals surface area contributed by atoms with Gasteiger partial charge in [0.25, 0.3) is 5.91 Å². The lowest BCUT2D eigenvalue weighted by Gasteiger charge is -2.17. The summed E-state index contributed by atoms with van der Waals surface area (Å²) in [6, 6.07) is 22.1. The Morgan fingerprint density at radius 3 is 2.42 bits per heavy atom. The summed E-state index contributed by atoms with van der Waals surface area (Å²) in [4.78, 5) is 13.7. The molecule has 0 radical (unpaired) electrons. The molecular weight excluding hydrogens is 364 g/mol. The Balaban J connectivity index is 1.62. The Bertz CT molecular complexity index is 819. The van der Waals surface area contributed by atoms with Crippen LogP contribution in [0, 0.1) is 0 Å². The molecule has 5 heteroatoms. The van der Waals surface area contributed by atoms with Crippen molar-refractivity contribution in [1.82, 2.24) is 5.32 Å². The normalized spacial score (nSPS) is 13.2. The summed E-state index contributed by atoms with van der Waals surface area (Å²) in [6.45, 7) is 2.35. The summed E-state index contributed by atoms with van der Waals surface area (Å²) in [6.07, 6.45) is 0. The fourth-order valence-corrected chi connectivity index (χ4v) is 3.88. The van der Waals surface area contributed by atoms with Crippen LogP contribution < -0.4 is 10.6 Å². The number of nitrogens with one attached hydrogen (secondary N) is 1. The van der Waals surface area contributed by atoms with E-state index in [1.165, 1.54) is 10.4 Å². The first-order chi connectivity index (χ1) is 12.6. The second kappa shape index (κ2) is 8.99. The molecule has 0 aliphatic carbocycles. The van der Waals surface area contributed by atoms with Gasteiger partial charge in [-0.3, -0.25) is 4.79 Å². The Morgan fingerprint density at radius 1 is 1.04 bits per heavy atom. The Kier molecular flexibility index (Phi) is 6.45. The maximum Gasteiger partial charge on any atom is 0.275 e. The third-order valence-electron chi connectivity index (χ3n) is 4.29. The number of amides is 1. The van der Waals surface area contributed by atoms with E-state index in [2.05, 4.69) is 34.2 Å². The second-order valence-electron chi connectivity index (χ2n) is 6.18. The standard InChI is InChI=1S/C21H21ClN2OS/c1-15(16-9-11-18(22)12-10-16)24-20(25)14-23-21(19-8-5-13-26-19)17-6-3-2-4-7-17/h2-13,15,21,23H,14H2,1H3,(H,24,25)/p+1/t15-,21+/m1/s1. The first kappa shape index (κ1) is 18.6. The molecule has 1 amide bonds. The summed E-state index contributed by atoms with van der Waals surface area (Å²) in [5.41, 5.74) is 2.24. The number of thiophene rings is 1. The van der Waals surface area contributed by atoms with Crippen molar-refractivity contribution in [3.63, 3.8) is 0 Å². The molecule has 3 nitrogen and oxygen atoms in total. The van der Waals surface area contributed by atoms with Gasteiger partial charge >= 0.3 is 0 Å². The van der Waals surface area contributed by atoms with E-state index in [9.17, 15) is 4.79 Å². The van der Waals surface area contributed by atoms with E-state index in [1.54, 1.807) is 11.3 Å². The Labute approximate surface area is 163 Å². The van der Waals surface area contributed by atoms with Crippen molar-refractivity contribution in [2.75, 3.05) is 6.54 Å². The van der Waals surface area contributed by atoms with Crippen molar-refractivity contribution < 1.29 is 10.1 Å². The van der Waals surface area contributed by atoms with Gasteiger partial charge in [0.1, 0.15) is 6.04 Å². The first-order valence-electron chi connectivity index (χ1n) is 8.60. The number of hydrogen-bond acceptors (Lipinski definition) is 2. The van der Waals surface area contributed by atoms with Gasteiger partial charge in [0.2, 0.25) is 0 Å². The van der Waals surface area contributed by atoms with Crippen molar-refractivity contribution in [3.05, 3.63) is 93.1 Å². The van der Waals surface area contributed by atoms with E-state index in [0.29, 0.717) is 11.6 Å². The van der Waals surface area contributed by atoms with Crippen LogP contribution in [0.5, 0.6) is 0 Å². The van der Waals surface area contributed by atoms with Crippen molar-refractivity contribution in [3.8, 4) is 0 Å². The molecule has 2 atom stereocenters. The van der Waals surface area contributed by atoms with Crippen LogP contribution in [-0.4, -0.2) is 12.5 Å². The maximum absolute atomic E-state index is 12.4. The topological polar surface area (TPSA) is 45.7 Å². The number of nitrogens with two attached hydrogens (primary N) is 1. The summed E-state index contributed by atoms with van der Waals surface area (Å²) < 4.78 is 0. The maximum atomic E-state index is 12.4. The van der Waals surface area contributed by atoms with E-state index in [-0.39, 0.29) is 18.0 Å². The van der Waals surface area contributed by atoms with Crippen LogP contribution in [0.15, 0.2) is 72.1 Å². The first-order valence-corrected chi connectivity index (χ1v) is 9.86. The summed E-state index contributed by atoms with van der Waals surface area (Å²) >= 11 is 7.64. The smallest absolute Gasteiger partial charge is 0.275 e. The molecule has 134 valence electrons. The Hall–Kier alpha value is -2.14. The highest BCUT2D eigenvalue weighted by Gasteiger charge is 2.20. The van der Waals surface area contributed by atoms with Crippen molar-refractivity contribution in [2.45, 2.75) is 19.0 Å². The minimum Gasteiger partial charge on any atom is -0.345 e. The van der Waals surface area contributed by atoms with Crippen LogP contribution in [0.25, 0.3) is 0 Å². The van der Waals surface area contributed by atoms with Gasteiger partial charge in [-0.1, -0.05) is 60.1 Å². The molecule has 26 heavy (non-hydrogen) atoms. The average Bonchev–Trinajstić information content (AvgIpc) is 3.17. The molecule has 0 aliphatic heterocycles. The van der Waals surface area contributed by atoms with Crippen molar-refractivity contribution >= 4 is 28.8 Å². The van der Waals surface area contributed by atoms with Crippen molar-refractivity contribution in [1.29, 1.82) is 0 Å². The number of carbonyl (C=O) groups is 1. The lowest BCUT2D eigenvalue weighted by Crippen LogP contribution is -2.87. The zero-order valence-corrected chi connectivity index (χ0v) is 16.1. The van der Waals surface area contributed by atoms with Crippen LogP contribution in [0.3, 0.4) is 0 Å². The monoisotopic (exact) mass is 385 g/mol. The van der Waals surface area contributed by atoms with Crippen LogP contribution >= 0.6 is 22.9 Å². The van der Waals surface area contributed by atoms with E-state index in [0.717, 1.165) is 5.56 Å². The predicted octanol–water partition coefficient (Wildman–Crippen LogP) is 3.93. The van der Waals surface area contributed by atoms with Gasteiger partial charge in [-0.2, -0.15) is 0 Å². The van der Waals surface area contributed by atoms with Crippen LogP contribution in [0.2, 0.25) is 5.02 Å². The third kappa shape index (κ3) is 4.94. The minimum atomic E-state index is -0.0509. The third-order valence-corrected chi connectivity index (χ3v) is 5.50. The molecule has 3 N–H and O–H groups in total. The number of rotatable bonds is 7. The lowest BCUT2D eigenvalue weighted by molar-refractivity contribution is -0.676. The van der Waals surface area contributed by atoms with Crippen LogP contribution in [-0.2, 0) is 4.79 Å². The average molecular weight is 386 g/mol. The van der Waals surface area contributed by atoms with Gasteiger partial charge < -0.3 is 10.6 Å². The summed E-state index contributed by atoms with van der Waals surface area (Å²) in [5, 5.41) is 7.91. The predicted molar refractivity (Wildman–Crippen MR) is 107 cm³/mol. The van der Waals surface area contributed by atoms with Gasteiger partial charge in [0, 0.05) is 10.6 Å². The fourth-order valence-electron chi connectivity index (χ4n) is 2.91.